The van der Waals surface area contributed by atoms with Crippen LogP contribution in [0, 0.1) is 0 Å². The number of aryl methyl sites for hydroxylation is 1. The molecule has 0 bridgehead atoms. The summed E-state index contributed by atoms with van der Waals surface area (Å²) in [6, 6.07) is 22.8. The Morgan fingerprint density at radius 2 is 1.24 bits per heavy atom. The van der Waals surface area contributed by atoms with Crippen molar-refractivity contribution in [3.8, 4) is 0 Å². The Morgan fingerprint density at radius 1 is 0.703 bits per heavy atom. The Labute approximate surface area is 228 Å². The zero-order valence-electron chi connectivity index (χ0n) is 24.1. The molecular weight excluding hydrogens is 448 g/mol. The van der Waals surface area contributed by atoms with Gasteiger partial charge in [-0.25, -0.2) is 9.13 Å². The molecule has 0 fully saturated rings. The third-order valence-electron chi connectivity index (χ3n) is 8.35. The fourth-order valence-corrected chi connectivity index (χ4v) is 6.01. The highest BCUT2D eigenvalue weighted by atomic mass is 15.1. The van der Waals surface area contributed by atoms with Crippen molar-refractivity contribution < 1.29 is 4.57 Å². The van der Waals surface area contributed by atoms with Crippen LogP contribution >= 0.6 is 0 Å². The van der Waals surface area contributed by atoms with Crippen molar-refractivity contribution in [2.24, 2.45) is 0 Å². The fourth-order valence-electron chi connectivity index (χ4n) is 6.01. The number of unbranched alkanes of at least 4 members (excludes halogenated alkanes) is 11. The lowest BCUT2D eigenvalue weighted by Crippen LogP contribution is -2.37. The van der Waals surface area contributed by atoms with E-state index in [4.69, 9.17) is 0 Å². The Hall–Kier alpha value is -2.35. The molecule has 0 spiro atoms. The van der Waals surface area contributed by atoms with Crippen molar-refractivity contribution in [3.05, 3.63) is 90.5 Å². The van der Waals surface area contributed by atoms with Crippen LogP contribution in [0.3, 0.4) is 0 Å². The normalized spacial score (nSPS) is 13.9. The lowest BCUT2D eigenvalue weighted by atomic mass is 9.70. The molecule has 0 N–H and O–H groups in total. The summed E-state index contributed by atoms with van der Waals surface area (Å²) in [4.78, 5) is 0. The monoisotopic (exact) mass is 501 g/mol. The zero-order valence-corrected chi connectivity index (χ0v) is 24.1. The van der Waals surface area contributed by atoms with Crippen LogP contribution in [0.25, 0.3) is 0 Å². The highest BCUT2D eigenvalue weighted by Gasteiger charge is 2.40. The molecule has 1 heterocycles. The van der Waals surface area contributed by atoms with Gasteiger partial charge in [-0.2, -0.15) is 0 Å². The second-order valence-electron chi connectivity index (χ2n) is 11.3. The van der Waals surface area contributed by atoms with E-state index in [0.29, 0.717) is 6.04 Å². The smallest absolute Gasteiger partial charge is 0.237 e. The molecule has 2 atom stereocenters. The van der Waals surface area contributed by atoms with Gasteiger partial charge in [0, 0.05) is 5.41 Å². The van der Waals surface area contributed by atoms with Gasteiger partial charge in [-0.05, 0) is 37.3 Å². The molecule has 0 aliphatic rings. The maximum Gasteiger partial charge on any atom is 0.243 e. The average Bonchev–Trinajstić information content (AvgIpc) is 3.41. The van der Waals surface area contributed by atoms with E-state index in [1.807, 2.05) is 0 Å². The quantitative estimate of drug-likeness (QED) is 0.114. The van der Waals surface area contributed by atoms with Crippen molar-refractivity contribution in [3.63, 3.8) is 0 Å². The van der Waals surface area contributed by atoms with Crippen LogP contribution in [-0.4, -0.2) is 4.57 Å². The largest absolute Gasteiger partial charge is 0.243 e. The maximum atomic E-state index is 2.51. The van der Waals surface area contributed by atoms with Crippen LogP contribution in [0.2, 0.25) is 0 Å². The van der Waals surface area contributed by atoms with Gasteiger partial charge in [0.1, 0.15) is 18.4 Å². The Morgan fingerprint density at radius 3 is 1.78 bits per heavy atom. The van der Waals surface area contributed by atoms with Crippen molar-refractivity contribution in [1.29, 1.82) is 0 Å². The van der Waals surface area contributed by atoms with Gasteiger partial charge in [0.15, 0.2) is 0 Å². The van der Waals surface area contributed by atoms with E-state index in [2.05, 4.69) is 109 Å². The van der Waals surface area contributed by atoms with E-state index in [9.17, 15) is 0 Å². The van der Waals surface area contributed by atoms with Crippen LogP contribution in [0.4, 0.5) is 0 Å². The molecular formula is C35H53N2+. The van der Waals surface area contributed by atoms with Crippen LogP contribution in [0.15, 0.2) is 79.4 Å². The number of hydrogen-bond acceptors (Lipinski definition) is 0. The van der Waals surface area contributed by atoms with Gasteiger partial charge in [0.2, 0.25) is 6.33 Å². The Balaban J connectivity index is 1.62. The van der Waals surface area contributed by atoms with E-state index in [1.54, 1.807) is 0 Å². The van der Waals surface area contributed by atoms with Crippen molar-refractivity contribution in [1.82, 2.24) is 4.57 Å². The standard InChI is InChI=1S/C35H53N2/c1-4-6-7-8-9-10-11-12-13-14-15-22-27-34(37-29-28-36(5-2)31-37)35(3,33-25-20-17-21-26-33)30-32-23-18-16-19-24-32/h16-21,23-26,28-29,31,34H,4-15,22,27,30H2,1-3H3/q+1. The Bertz CT molecular complexity index is 961. The minimum atomic E-state index is 0.0188. The van der Waals surface area contributed by atoms with Crippen LogP contribution in [0.1, 0.15) is 121 Å². The number of imidazole rings is 1. The van der Waals surface area contributed by atoms with Gasteiger partial charge >= 0.3 is 0 Å². The Kier molecular flexibility index (Phi) is 13.0. The number of aromatic nitrogens is 2. The van der Waals surface area contributed by atoms with Gasteiger partial charge in [0.25, 0.3) is 0 Å². The molecule has 37 heavy (non-hydrogen) atoms. The molecule has 3 rings (SSSR count). The third-order valence-corrected chi connectivity index (χ3v) is 8.35. The third kappa shape index (κ3) is 9.47. The second kappa shape index (κ2) is 16.5. The summed E-state index contributed by atoms with van der Waals surface area (Å²) in [5.74, 6) is 0. The average molecular weight is 502 g/mol. The van der Waals surface area contributed by atoms with E-state index in [1.165, 1.54) is 94.6 Å². The SMILES string of the molecule is CCCCCCCCCCCCCCC(n1cc[n+](CC)c1)C(C)(Cc1ccccc1)c1ccccc1. The first-order chi connectivity index (χ1) is 18.2. The van der Waals surface area contributed by atoms with Gasteiger partial charge in [-0.3, -0.25) is 0 Å². The molecule has 0 radical (unpaired) electrons. The first-order valence-electron chi connectivity index (χ1n) is 15.3. The van der Waals surface area contributed by atoms with E-state index in [0.717, 1.165) is 13.0 Å². The lowest BCUT2D eigenvalue weighted by molar-refractivity contribution is -0.693. The molecule has 0 saturated carbocycles. The summed E-state index contributed by atoms with van der Waals surface area (Å²) in [7, 11) is 0. The molecule has 0 aliphatic heterocycles. The zero-order chi connectivity index (χ0) is 26.2. The molecule has 0 aliphatic carbocycles. The summed E-state index contributed by atoms with van der Waals surface area (Å²) in [5, 5.41) is 0. The van der Waals surface area contributed by atoms with Gasteiger partial charge in [-0.1, -0.05) is 145 Å². The molecule has 2 aromatic carbocycles. The minimum Gasteiger partial charge on any atom is -0.237 e. The fraction of sp³-hybridized carbons (Fsp3) is 0.571. The molecule has 0 amide bonds. The first-order valence-corrected chi connectivity index (χ1v) is 15.3. The predicted octanol–water partition coefficient (Wildman–Crippen LogP) is 9.63. The summed E-state index contributed by atoms with van der Waals surface area (Å²) in [5.41, 5.74) is 2.88. The highest BCUT2D eigenvalue weighted by Crippen LogP contribution is 2.41. The van der Waals surface area contributed by atoms with Gasteiger partial charge in [-0.15, -0.1) is 0 Å². The first kappa shape index (κ1) is 29.2. The summed E-state index contributed by atoms with van der Waals surface area (Å²) in [6.07, 6.45) is 25.9. The number of benzene rings is 2. The summed E-state index contributed by atoms with van der Waals surface area (Å²) < 4.78 is 4.82. The topological polar surface area (TPSA) is 8.81 Å². The van der Waals surface area contributed by atoms with Gasteiger partial charge in [0.05, 0.1) is 6.54 Å². The lowest BCUT2D eigenvalue weighted by Gasteiger charge is -2.37. The molecule has 2 heteroatoms. The van der Waals surface area contributed by atoms with Crippen molar-refractivity contribution in [2.45, 2.75) is 129 Å². The van der Waals surface area contributed by atoms with E-state index >= 15 is 0 Å². The number of rotatable bonds is 19. The molecule has 202 valence electrons. The summed E-state index contributed by atoms with van der Waals surface area (Å²) >= 11 is 0. The van der Waals surface area contributed by atoms with Crippen molar-refractivity contribution >= 4 is 0 Å². The molecule has 2 unspecified atom stereocenters. The van der Waals surface area contributed by atoms with Crippen LogP contribution < -0.4 is 4.57 Å². The molecule has 2 nitrogen and oxygen atoms in total. The van der Waals surface area contributed by atoms with Crippen molar-refractivity contribution in [2.75, 3.05) is 0 Å². The van der Waals surface area contributed by atoms with E-state index < -0.39 is 0 Å². The van der Waals surface area contributed by atoms with Crippen LogP contribution in [0.5, 0.6) is 0 Å². The predicted molar refractivity (Wildman–Crippen MR) is 159 cm³/mol. The van der Waals surface area contributed by atoms with Gasteiger partial charge < -0.3 is 0 Å². The maximum absolute atomic E-state index is 2.51. The molecule has 3 aromatic rings. The minimum absolute atomic E-state index is 0.0188. The summed E-state index contributed by atoms with van der Waals surface area (Å²) in [6.45, 7) is 8.04. The highest BCUT2D eigenvalue weighted by molar-refractivity contribution is 5.30. The molecule has 1 aromatic heterocycles. The number of nitrogens with zero attached hydrogens (tertiary/aromatic N) is 2. The van der Waals surface area contributed by atoms with Crippen LogP contribution in [-0.2, 0) is 18.4 Å². The molecule has 0 saturated heterocycles. The number of hydrogen-bond donors (Lipinski definition) is 0. The second-order valence-corrected chi connectivity index (χ2v) is 11.3. The van der Waals surface area contributed by atoms with E-state index in [-0.39, 0.29) is 5.41 Å².